The summed E-state index contributed by atoms with van der Waals surface area (Å²) < 4.78 is 0. The van der Waals surface area contributed by atoms with E-state index in [-0.39, 0.29) is 18.7 Å². The van der Waals surface area contributed by atoms with E-state index in [1.165, 1.54) is 0 Å². The molecule has 0 fully saturated rings. The Morgan fingerprint density at radius 1 is 1.64 bits per heavy atom. The molecule has 0 aliphatic carbocycles. The fourth-order valence-corrected chi connectivity index (χ4v) is 0.559. The summed E-state index contributed by atoms with van der Waals surface area (Å²) in [4.78, 5) is 10.8. The van der Waals surface area contributed by atoms with Crippen LogP contribution in [0.3, 0.4) is 0 Å². The fraction of sp³-hybridized carbons (Fsp3) is 0.857. The van der Waals surface area contributed by atoms with Gasteiger partial charge in [-0.15, -0.1) is 0 Å². The molecule has 0 aromatic carbocycles. The quantitative estimate of drug-likeness (QED) is 0.545. The maximum absolute atomic E-state index is 10.8. The topological polar surface area (TPSA) is 61.4 Å². The number of rotatable bonds is 4. The third-order valence-electron chi connectivity index (χ3n) is 1.19. The van der Waals surface area contributed by atoms with Gasteiger partial charge < -0.3 is 15.7 Å². The molecular weight excluding hydrogens is 144 g/mol. The van der Waals surface area contributed by atoms with Crippen molar-refractivity contribution in [1.29, 1.82) is 0 Å². The zero-order valence-electron chi connectivity index (χ0n) is 7.05. The highest BCUT2D eigenvalue weighted by molar-refractivity contribution is 5.74. The average Bonchev–Trinajstić information content (AvgIpc) is 2.00. The predicted molar refractivity (Wildman–Crippen MR) is 43.4 cm³/mol. The first kappa shape index (κ1) is 10.2. The average molecular weight is 160 g/mol. The van der Waals surface area contributed by atoms with Gasteiger partial charge in [-0.3, -0.25) is 0 Å². The lowest BCUT2D eigenvalue weighted by Gasteiger charge is -2.10. The second kappa shape index (κ2) is 5.97. The van der Waals surface area contributed by atoms with E-state index < -0.39 is 0 Å². The number of aliphatic hydroxyl groups is 1. The molecule has 66 valence electrons. The van der Waals surface area contributed by atoms with Crippen LogP contribution in [0, 0.1) is 0 Å². The number of hydrogen-bond acceptors (Lipinski definition) is 2. The minimum Gasteiger partial charge on any atom is -0.394 e. The van der Waals surface area contributed by atoms with E-state index in [1.54, 1.807) is 6.92 Å². The van der Waals surface area contributed by atoms with E-state index in [9.17, 15) is 4.79 Å². The molecule has 0 bridgehead atoms. The largest absolute Gasteiger partial charge is 0.394 e. The molecule has 0 radical (unpaired) electrons. The first-order chi connectivity index (χ1) is 5.20. The molecule has 0 saturated carbocycles. The van der Waals surface area contributed by atoms with E-state index in [4.69, 9.17) is 5.11 Å². The van der Waals surface area contributed by atoms with Gasteiger partial charge >= 0.3 is 6.03 Å². The summed E-state index contributed by atoms with van der Waals surface area (Å²) in [6.45, 7) is 4.37. The molecule has 0 aliphatic rings. The highest BCUT2D eigenvalue weighted by Gasteiger charge is 2.02. The molecule has 0 aliphatic heterocycles. The molecule has 0 aromatic heterocycles. The molecule has 11 heavy (non-hydrogen) atoms. The van der Waals surface area contributed by atoms with Gasteiger partial charge in [-0.05, 0) is 13.3 Å². The highest BCUT2D eigenvalue weighted by atomic mass is 16.3. The Labute approximate surface area is 67.0 Å². The Balaban J connectivity index is 3.36. The van der Waals surface area contributed by atoms with Gasteiger partial charge in [0.2, 0.25) is 0 Å². The van der Waals surface area contributed by atoms with Gasteiger partial charge in [-0.2, -0.15) is 0 Å². The first-order valence-electron chi connectivity index (χ1n) is 3.86. The monoisotopic (exact) mass is 160 g/mol. The lowest BCUT2D eigenvalue weighted by Crippen LogP contribution is -2.42. The summed E-state index contributed by atoms with van der Waals surface area (Å²) in [7, 11) is 0. The lowest BCUT2D eigenvalue weighted by atomic mass is 10.4. The third-order valence-corrected chi connectivity index (χ3v) is 1.19. The second-order valence-electron chi connectivity index (χ2n) is 2.48. The summed E-state index contributed by atoms with van der Waals surface area (Å²) in [5.74, 6) is 0. The van der Waals surface area contributed by atoms with Crippen molar-refractivity contribution >= 4 is 6.03 Å². The molecule has 1 atom stereocenters. The smallest absolute Gasteiger partial charge is 0.315 e. The van der Waals surface area contributed by atoms with Gasteiger partial charge in [-0.1, -0.05) is 6.92 Å². The van der Waals surface area contributed by atoms with Crippen molar-refractivity contribution in [2.24, 2.45) is 0 Å². The summed E-state index contributed by atoms with van der Waals surface area (Å²) >= 11 is 0. The first-order valence-corrected chi connectivity index (χ1v) is 3.86. The van der Waals surface area contributed by atoms with E-state index in [0.29, 0.717) is 6.54 Å². The number of nitrogens with one attached hydrogen (secondary N) is 2. The van der Waals surface area contributed by atoms with Crippen molar-refractivity contribution in [2.45, 2.75) is 26.3 Å². The Morgan fingerprint density at radius 2 is 2.27 bits per heavy atom. The molecule has 0 unspecified atom stereocenters. The maximum Gasteiger partial charge on any atom is 0.315 e. The molecule has 3 N–H and O–H groups in total. The van der Waals surface area contributed by atoms with Gasteiger partial charge in [0.05, 0.1) is 12.6 Å². The summed E-state index contributed by atoms with van der Waals surface area (Å²) in [6.07, 6.45) is 0.918. The minimum atomic E-state index is -0.214. The number of aliphatic hydroxyl groups excluding tert-OH is 1. The minimum absolute atomic E-state index is 0.0282. The predicted octanol–water partition coefficient (Wildman–Crippen LogP) is 0.0764. The fourth-order valence-electron chi connectivity index (χ4n) is 0.559. The number of hydrogen-bond donors (Lipinski definition) is 3. The van der Waals surface area contributed by atoms with Crippen molar-refractivity contribution in [2.75, 3.05) is 13.2 Å². The van der Waals surface area contributed by atoms with Gasteiger partial charge in [0.15, 0.2) is 0 Å². The van der Waals surface area contributed by atoms with Crippen molar-refractivity contribution in [3.63, 3.8) is 0 Å². The zero-order valence-corrected chi connectivity index (χ0v) is 7.05. The summed E-state index contributed by atoms with van der Waals surface area (Å²) in [5, 5.41) is 13.8. The molecule has 0 heterocycles. The van der Waals surface area contributed by atoms with Crippen LogP contribution in [-0.4, -0.2) is 30.3 Å². The molecule has 4 nitrogen and oxygen atoms in total. The molecule has 0 aromatic rings. The van der Waals surface area contributed by atoms with Crippen LogP contribution in [0.4, 0.5) is 4.79 Å². The molecule has 2 amide bonds. The second-order valence-corrected chi connectivity index (χ2v) is 2.48. The zero-order chi connectivity index (χ0) is 8.69. The van der Waals surface area contributed by atoms with Crippen LogP contribution >= 0.6 is 0 Å². The Kier molecular flexibility index (Phi) is 5.56. The number of urea groups is 1. The number of carbonyl (C=O) groups excluding carboxylic acids is 1. The molecule has 0 saturated heterocycles. The number of carbonyl (C=O) groups is 1. The van der Waals surface area contributed by atoms with Crippen LogP contribution in [0.1, 0.15) is 20.3 Å². The highest BCUT2D eigenvalue weighted by Crippen LogP contribution is 1.78. The van der Waals surface area contributed by atoms with Crippen molar-refractivity contribution < 1.29 is 9.90 Å². The maximum atomic E-state index is 10.8. The summed E-state index contributed by atoms with van der Waals surface area (Å²) in [5.41, 5.74) is 0. The van der Waals surface area contributed by atoms with Crippen molar-refractivity contribution in [3.05, 3.63) is 0 Å². The van der Waals surface area contributed by atoms with Gasteiger partial charge in [0, 0.05) is 6.54 Å². The van der Waals surface area contributed by atoms with Crippen LogP contribution < -0.4 is 10.6 Å². The normalized spacial score (nSPS) is 12.3. The van der Waals surface area contributed by atoms with Gasteiger partial charge in [-0.25, -0.2) is 4.79 Å². The van der Waals surface area contributed by atoms with E-state index in [1.807, 2.05) is 6.92 Å². The molecular formula is C7H16N2O2. The van der Waals surface area contributed by atoms with Gasteiger partial charge in [0.25, 0.3) is 0 Å². The lowest BCUT2D eigenvalue weighted by molar-refractivity contribution is 0.220. The standard InChI is InChI=1S/C7H16N2O2/c1-3-4-8-7(11)9-6(2)5-10/h6,10H,3-5H2,1-2H3,(H2,8,9,11)/t6-/m0/s1. The van der Waals surface area contributed by atoms with Gasteiger partial charge in [0.1, 0.15) is 0 Å². The van der Waals surface area contributed by atoms with Crippen LogP contribution in [0.25, 0.3) is 0 Å². The van der Waals surface area contributed by atoms with Crippen LogP contribution in [0.15, 0.2) is 0 Å². The molecule has 0 spiro atoms. The Bertz CT molecular complexity index is 117. The molecule has 0 rings (SSSR count). The summed E-state index contributed by atoms with van der Waals surface area (Å²) in [6, 6.07) is -0.389. The van der Waals surface area contributed by atoms with E-state index in [0.717, 1.165) is 6.42 Å². The Hall–Kier alpha value is -0.770. The van der Waals surface area contributed by atoms with Crippen molar-refractivity contribution in [3.8, 4) is 0 Å². The SMILES string of the molecule is CCCNC(=O)N[C@@H](C)CO. The van der Waals surface area contributed by atoms with Crippen LogP contribution in [0.2, 0.25) is 0 Å². The van der Waals surface area contributed by atoms with Crippen LogP contribution in [-0.2, 0) is 0 Å². The Morgan fingerprint density at radius 3 is 2.73 bits per heavy atom. The van der Waals surface area contributed by atoms with Crippen LogP contribution in [0.5, 0.6) is 0 Å². The third kappa shape index (κ3) is 5.66. The number of amides is 2. The van der Waals surface area contributed by atoms with E-state index >= 15 is 0 Å². The molecule has 4 heteroatoms. The van der Waals surface area contributed by atoms with Crippen molar-refractivity contribution in [1.82, 2.24) is 10.6 Å². The van der Waals surface area contributed by atoms with E-state index in [2.05, 4.69) is 10.6 Å².